The Morgan fingerprint density at radius 2 is 1.62 bits per heavy atom. The summed E-state index contributed by atoms with van der Waals surface area (Å²) in [4.78, 5) is 12.2. The molecule has 0 amide bonds. The van der Waals surface area contributed by atoms with E-state index < -0.39 is 26.7 Å². The Morgan fingerprint density at radius 1 is 1.05 bits per heavy atom. The molecule has 0 saturated heterocycles. The number of benzene rings is 2. The Kier molecular flexibility index (Phi) is 4.53. The molecule has 0 fully saturated rings. The molecule has 110 valence electrons. The molecule has 3 nitrogen and oxygen atoms in total. The van der Waals surface area contributed by atoms with E-state index in [1.54, 1.807) is 30.3 Å². The minimum atomic E-state index is -3.61. The Morgan fingerprint density at radius 3 is 2.19 bits per heavy atom. The van der Waals surface area contributed by atoms with E-state index in [9.17, 15) is 17.6 Å². The Balaban J connectivity index is 2.19. The van der Waals surface area contributed by atoms with Crippen LogP contribution >= 0.6 is 0 Å². The summed E-state index contributed by atoms with van der Waals surface area (Å²) in [6.45, 7) is 1.37. The number of carbonyl (C=O) groups excluding carboxylic acids is 1. The predicted molar refractivity (Wildman–Crippen MR) is 79.3 cm³/mol. The van der Waals surface area contributed by atoms with Crippen LogP contribution < -0.4 is 0 Å². The van der Waals surface area contributed by atoms with E-state index in [2.05, 4.69) is 0 Å². The highest BCUT2D eigenvalue weighted by molar-refractivity contribution is 7.92. The highest BCUT2D eigenvalue weighted by Gasteiger charge is 2.28. The van der Waals surface area contributed by atoms with Crippen LogP contribution in [-0.4, -0.2) is 19.5 Å². The SMILES string of the molecule is CC(C(=O)c1ccc(F)cc1)S(=O)(=O)Cc1ccccc1. The van der Waals surface area contributed by atoms with Crippen LogP contribution in [0.4, 0.5) is 4.39 Å². The summed E-state index contributed by atoms with van der Waals surface area (Å²) < 4.78 is 37.4. The molecule has 0 aromatic heterocycles. The zero-order valence-electron chi connectivity index (χ0n) is 11.5. The van der Waals surface area contributed by atoms with Crippen molar-refractivity contribution >= 4 is 15.6 Å². The van der Waals surface area contributed by atoms with Crippen molar-refractivity contribution in [3.63, 3.8) is 0 Å². The van der Waals surface area contributed by atoms with Gasteiger partial charge in [-0.2, -0.15) is 0 Å². The zero-order valence-corrected chi connectivity index (χ0v) is 12.3. The minimum absolute atomic E-state index is 0.193. The van der Waals surface area contributed by atoms with E-state index in [0.29, 0.717) is 5.56 Å². The molecule has 0 aliphatic heterocycles. The largest absolute Gasteiger partial charge is 0.293 e. The smallest absolute Gasteiger partial charge is 0.180 e. The molecule has 0 heterocycles. The van der Waals surface area contributed by atoms with Gasteiger partial charge in [0.2, 0.25) is 0 Å². The van der Waals surface area contributed by atoms with Gasteiger partial charge in [-0.15, -0.1) is 0 Å². The monoisotopic (exact) mass is 306 g/mol. The predicted octanol–water partition coefficient (Wildman–Crippen LogP) is 3.01. The Bertz CT molecular complexity index is 722. The second-order valence-corrected chi connectivity index (χ2v) is 7.13. The fourth-order valence-electron chi connectivity index (χ4n) is 1.94. The summed E-state index contributed by atoms with van der Waals surface area (Å²) in [5.41, 5.74) is 0.830. The topological polar surface area (TPSA) is 51.2 Å². The van der Waals surface area contributed by atoms with Gasteiger partial charge in [0.15, 0.2) is 15.6 Å². The summed E-state index contributed by atoms with van der Waals surface area (Å²) in [5.74, 6) is -1.18. The highest BCUT2D eigenvalue weighted by atomic mass is 32.2. The third kappa shape index (κ3) is 3.76. The standard InChI is InChI=1S/C16H15FO3S/c1-12(16(18)14-7-9-15(17)10-8-14)21(19,20)11-13-5-3-2-4-6-13/h2-10,12H,11H2,1H3. The number of sulfone groups is 1. The van der Waals surface area contributed by atoms with Gasteiger partial charge in [-0.1, -0.05) is 30.3 Å². The minimum Gasteiger partial charge on any atom is -0.293 e. The number of hydrogen-bond donors (Lipinski definition) is 0. The van der Waals surface area contributed by atoms with Gasteiger partial charge in [0.1, 0.15) is 11.1 Å². The molecule has 2 aromatic carbocycles. The lowest BCUT2D eigenvalue weighted by Crippen LogP contribution is -2.28. The van der Waals surface area contributed by atoms with Crippen LogP contribution in [-0.2, 0) is 15.6 Å². The molecule has 1 unspecified atom stereocenters. The number of hydrogen-bond acceptors (Lipinski definition) is 3. The second kappa shape index (κ2) is 6.18. The third-order valence-corrected chi connectivity index (χ3v) is 5.27. The molecular weight excluding hydrogens is 291 g/mol. The number of ketones is 1. The van der Waals surface area contributed by atoms with E-state index in [4.69, 9.17) is 0 Å². The maximum absolute atomic E-state index is 12.8. The molecule has 5 heteroatoms. The van der Waals surface area contributed by atoms with Crippen molar-refractivity contribution < 1.29 is 17.6 Å². The van der Waals surface area contributed by atoms with E-state index in [0.717, 1.165) is 12.1 Å². The van der Waals surface area contributed by atoms with Crippen molar-refractivity contribution in [2.45, 2.75) is 17.9 Å². The molecule has 0 aliphatic carbocycles. The summed E-state index contributed by atoms with van der Waals surface area (Å²) in [7, 11) is -3.61. The van der Waals surface area contributed by atoms with Crippen LogP contribution in [0.15, 0.2) is 54.6 Å². The van der Waals surface area contributed by atoms with Gasteiger partial charge in [-0.05, 0) is 36.8 Å². The van der Waals surface area contributed by atoms with Crippen LogP contribution in [0.3, 0.4) is 0 Å². The lowest BCUT2D eigenvalue weighted by Gasteiger charge is -2.12. The van der Waals surface area contributed by atoms with Crippen LogP contribution in [0, 0.1) is 5.82 Å². The normalized spacial score (nSPS) is 12.9. The van der Waals surface area contributed by atoms with Crippen LogP contribution in [0.25, 0.3) is 0 Å². The van der Waals surface area contributed by atoms with Gasteiger partial charge in [0, 0.05) is 5.56 Å². The molecule has 21 heavy (non-hydrogen) atoms. The van der Waals surface area contributed by atoms with Crippen molar-refractivity contribution in [3.05, 3.63) is 71.5 Å². The van der Waals surface area contributed by atoms with Crippen molar-refractivity contribution in [2.24, 2.45) is 0 Å². The number of carbonyl (C=O) groups is 1. The van der Waals surface area contributed by atoms with E-state index in [1.165, 1.54) is 19.1 Å². The summed E-state index contributed by atoms with van der Waals surface area (Å²) in [6.07, 6.45) is 0. The average Bonchev–Trinajstić information content (AvgIpc) is 2.47. The van der Waals surface area contributed by atoms with Crippen LogP contribution in [0.5, 0.6) is 0 Å². The van der Waals surface area contributed by atoms with Crippen molar-refractivity contribution in [3.8, 4) is 0 Å². The van der Waals surface area contributed by atoms with Crippen LogP contribution in [0.1, 0.15) is 22.8 Å². The molecule has 0 saturated carbocycles. The van der Waals surface area contributed by atoms with Crippen LogP contribution in [0.2, 0.25) is 0 Å². The first-order chi connectivity index (χ1) is 9.90. The quantitative estimate of drug-likeness (QED) is 0.798. The van der Waals surface area contributed by atoms with Crippen molar-refractivity contribution in [1.82, 2.24) is 0 Å². The van der Waals surface area contributed by atoms with Gasteiger partial charge in [-0.25, -0.2) is 12.8 Å². The summed E-state index contributed by atoms with van der Waals surface area (Å²) >= 11 is 0. The second-order valence-electron chi connectivity index (χ2n) is 4.81. The van der Waals surface area contributed by atoms with Crippen molar-refractivity contribution in [2.75, 3.05) is 0 Å². The average molecular weight is 306 g/mol. The molecule has 0 spiro atoms. The fourth-order valence-corrected chi connectivity index (χ4v) is 3.31. The molecule has 0 aliphatic rings. The van der Waals surface area contributed by atoms with Crippen molar-refractivity contribution in [1.29, 1.82) is 0 Å². The first-order valence-corrected chi connectivity index (χ1v) is 8.17. The Hall–Kier alpha value is -2.01. The molecule has 0 N–H and O–H groups in total. The number of halogens is 1. The molecule has 1 atom stereocenters. The van der Waals surface area contributed by atoms with E-state index in [1.807, 2.05) is 0 Å². The molecule has 2 rings (SSSR count). The van der Waals surface area contributed by atoms with Gasteiger partial charge in [0.05, 0.1) is 5.75 Å². The Labute approximate surface area is 123 Å². The first kappa shape index (κ1) is 15.4. The van der Waals surface area contributed by atoms with Gasteiger partial charge < -0.3 is 0 Å². The van der Waals surface area contributed by atoms with Gasteiger partial charge in [-0.3, -0.25) is 4.79 Å². The summed E-state index contributed by atoms with van der Waals surface area (Å²) in [5, 5.41) is -1.16. The molecular formula is C16H15FO3S. The van der Waals surface area contributed by atoms with E-state index in [-0.39, 0.29) is 11.3 Å². The maximum atomic E-state index is 12.8. The molecule has 0 radical (unpaired) electrons. The third-order valence-electron chi connectivity index (χ3n) is 3.25. The maximum Gasteiger partial charge on any atom is 0.180 e. The highest BCUT2D eigenvalue weighted by Crippen LogP contribution is 2.16. The fraction of sp³-hybridized carbons (Fsp3) is 0.188. The molecule has 2 aromatic rings. The summed E-state index contributed by atoms with van der Waals surface area (Å²) in [6, 6.07) is 13.6. The van der Waals surface area contributed by atoms with Gasteiger partial charge >= 0.3 is 0 Å². The molecule has 0 bridgehead atoms. The zero-order chi connectivity index (χ0) is 15.5. The number of Topliss-reactive ketones (excluding diaryl/α,β-unsaturated/α-hetero) is 1. The lowest BCUT2D eigenvalue weighted by molar-refractivity contribution is 0.0991. The lowest BCUT2D eigenvalue weighted by atomic mass is 10.1. The number of rotatable bonds is 5. The van der Waals surface area contributed by atoms with E-state index >= 15 is 0 Å². The first-order valence-electron chi connectivity index (χ1n) is 6.45. The van der Waals surface area contributed by atoms with Gasteiger partial charge in [0.25, 0.3) is 0 Å².